The second kappa shape index (κ2) is 5.69. The number of likely N-dealkylation sites (N-methyl/N-ethyl adjacent to an activating group) is 1. The van der Waals surface area contributed by atoms with Crippen LogP contribution in [0.4, 0.5) is 0 Å². The summed E-state index contributed by atoms with van der Waals surface area (Å²) in [5.41, 5.74) is 0. The van der Waals surface area contributed by atoms with Crippen LogP contribution in [-0.4, -0.2) is 24.8 Å². The van der Waals surface area contributed by atoms with Crippen LogP contribution in [0.25, 0.3) is 0 Å². The molecule has 0 aromatic carbocycles. The van der Waals surface area contributed by atoms with Gasteiger partial charge in [-0.1, -0.05) is 13.8 Å². The largest absolute Gasteiger partial charge is 0.392 e. The van der Waals surface area contributed by atoms with Crippen LogP contribution >= 0.6 is 0 Å². The average Bonchev–Trinajstić information content (AvgIpc) is 1.85. The number of aliphatic hydroxyl groups excluding tert-OH is 1. The lowest BCUT2D eigenvalue weighted by Gasteiger charge is -2.10. The Hall–Kier alpha value is -0.0800. The molecule has 2 heteroatoms. The van der Waals surface area contributed by atoms with E-state index in [4.69, 9.17) is 0 Å². The van der Waals surface area contributed by atoms with Crippen molar-refractivity contribution in [3.05, 3.63) is 0 Å². The first-order valence-electron chi connectivity index (χ1n) is 3.99. The Kier molecular flexibility index (Phi) is 5.64. The second-order valence-electron chi connectivity index (χ2n) is 3.18. The molecular formula is C8H19NO. The minimum absolute atomic E-state index is 0.160. The minimum Gasteiger partial charge on any atom is -0.392 e. The van der Waals surface area contributed by atoms with Crippen molar-refractivity contribution in [2.24, 2.45) is 5.92 Å². The lowest BCUT2D eigenvalue weighted by Crippen LogP contribution is -2.23. The molecule has 10 heavy (non-hydrogen) atoms. The Labute approximate surface area is 63.6 Å². The van der Waals surface area contributed by atoms with Gasteiger partial charge < -0.3 is 10.4 Å². The third-order valence-electron chi connectivity index (χ3n) is 1.52. The Morgan fingerprint density at radius 2 is 1.90 bits per heavy atom. The molecule has 0 bridgehead atoms. The third-order valence-corrected chi connectivity index (χ3v) is 1.52. The predicted molar refractivity (Wildman–Crippen MR) is 44.0 cm³/mol. The number of hydrogen-bond acceptors (Lipinski definition) is 2. The first kappa shape index (κ1) is 9.92. The van der Waals surface area contributed by atoms with E-state index in [-0.39, 0.29) is 6.10 Å². The molecule has 2 N–H and O–H groups in total. The van der Waals surface area contributed by atoms with Crippen molar-refractivity contribution < 1.29 is 5.11 Å². The molecule has 0 fully saturated rings. The lowest BCUT2D eigenvalue weighted by molar-refractivity contribution is 0.156. The number of aliphatic hydroxyl groups is 1. The van der Waals surface area contributed by atoms with Gasteiger partial charge in [-0.05, 0) is 25.8 Å². The SMILES string of the molecule is CNCC(O)CCC(C)C. The van der Waals surface area contributed by atoms with Crippen molar-refractivity contribution in [3.63, 3.8) is 0 Å². The van der Waals surface area contributed by atoms with Gasteiger partial charge in [0.25, 0.3) is 0 Å². The molecule has 1 atom stereocenters. The van der Waals surface area contributed by atoms with Crippen molar-refractivity contribution in [3.8, 4) is 0 Å². The molecule has 0 aliphatic carbocycles. The zero-order chi connectivity index (χ0) is 7.98. The summed E-state index contributed by atoms with van der Waals surface area (Å²) >= 11 is 0. The van der Waals surface area contributed by atoms with Crippen molar-refractivity contribution in [2.45, 2.75) is 32.8 Å². The van der Waals surface area contributed by atoms with Crippen LogP contribution in [-0.2, 0) is 0 Å². The highest BCUT2D eigenvalue weighted by Gasteiger charge is 2.02. The highest BCUT2D eigenvalue weighted by atomic mass is 16.3. The highest BCUT2D eigenvalue weighted by molar-refractivity contribution is 4.58. The molecule has 0 rings (SSSR count). The fourth-order valence-corrected chi connectivity index (χ4v) is 0.863. The minimum atomic E-state index is -0.160. The molecule has 62 valence electrons. The molecule has 0 radical (unpaired) electrons. The summed E-state index contributed by atoms with van der Waals surface area (Å²) in [5.74, 6) is 0.700. The first-order valence-corrected chi connectivity index (χ1v) is 3.99. The topological polar surface area (TPSA) is 32.3 Å². The second-order valence-corrected chi connectivity index (χ2v) is 3.18. The van der Waals surface area contributed by atoms with Gasteiger partial charge in [0.2, 0.25) is 0 Å². The molecule has 0 heterocycles. The number of nitrogens with one attached hydrogen (secondary N) is 1. The van der Waals surface area contributed by atoms with E-state index in [1.54, 1.807) is 0 Å². The Bertz CT molecular complexity index is 73.7. The highest BCUT2D eigenvalue weighted by Crippen LogP contribution is 2.05. The van der Waals surface area contributed by atoms with Gasteiger partial charge >= 0.3 is 0 Å². The Balaban J connectivity index is 3.12. The summed E-state index contributed by atoms with van der Waals surface area (Å²) in [6.45, 7) is 5.06. The van der Waals surface area contributed by atoms with Crippen LogP contribution in [0.3, 0.4) is 0 Å². The number of rotatable bonds is 5. The van der Waals surface area contributed by atoms with E-state index in [1.165, 1.54) is 0 Å². The normalized spacial score (nSPS) is 14.1. The van der Waals surface area contributed by atoms with Gasteiger partial charge in [-0.3, -0.25) is 0 Å². The molecule has 1 unspecified atom stereocenters. The quantitative estimate of drug-likeness (QED) is 0.605. The molecule has 0 aromatic heterocycles. The molecule has 0 spiro atoms. The fourth-order valence-electron chi connectivity index (χ4n) is 0.863. The van der Waals surface area contributed by atoms with E-state index in [2.05, 4.69) is 19.2 Å². The van der Waals surface area contributed by atoms with Crippen LogP contribution in [0.15, 0.2) is 0 Å². The van der Waals surface area contributed by atoms with E-state index in [0.29, 0.717) is 12.5 Å². The summed E-state index contributed by atoms with van der Waals surface area (Å²) in [5, 5.41) is 12.2. The van der Waals surface area contributed by atoms with E-state index >= 15 is 0 Å². The van der Waals surface area contributed by atoms with Gasteiger partial charge in [-0.25, -0.2) is 0 Å². The first-order chi connectivity index (χ1) is 4.66. The summed E-state index contributed by atoms with van der Waals surface area (Å²) in [6, 6.07) is 0. The average molecular weight is 145 g/mol. The van der Waals surface area contributed by atoms with Gasteiger partial charge in [0.05, 0.1) is 6.10 Å². The lowest BCUT2D eigenvalue weighted by atomic mass is 10.1. The maximum Gasteiger partial charge on any atom is 0.0664 e. The smallest absolute Gasteiger partial charge is 0.0664 e. The van der Waals surface area contributed by atoms with Crippen molar-refractivity contribution >= 4 is 0 Å². The standard InChI is InChI=1S/C8H19NO/c1-7(2)4-5-8(10)6-9-3/h7-10H,4-6H2,1-3H3. The fraction of sp³-hybridized carbons (Fsp3) is 1.00. The van der Waals surface area contributed by atoms with Crippen molar-refractivity contribution in [1.82, 2.24) is 5.32 Å². The Morgan fingerprint density at radius 3 is 2.30 bits per heavy atom. The summed E-state index contributed by atoms with van der Waals surface area (Å²) in [6.07, 6.45) is 1.87. The molecule has 0 aliphatic rings. The molecule has 0 aromatic rings. The maximum atomic E-state index is 9.24. The molecule has 0 amide bonds. The maximum absolute atomic E-state index is 9.24. The van der Waals surface area contributed by atoms with Gasteiger partial charge in [-0.2, -0.15) is 0 Å². The van der Waals surface area contributed by atoms with Gasteiger partial charge in [0, 0.05) is 6.54 Å². The molecule has 2 nitrogen and oxygen atoms in total. The van der Waals surface area contributed by atoms with Crippen LogP contribution < -0.4 is 5.32 Å². The summed E-state index contributed by atoms with van der Waals surface area (Å²) < 4.78 is 0. The van der Waals surface area contributed by atoms with Crippen LogP contribution in [0.5, 0.6) is 0 Å². The summed E-state index contributed by atoms with van der Waals surface area (Å²) in [7, 11) is 1.86. The van der Waals surface area contributed by atoms with Crippen LogP contribution in [0.1, 0.15) is 26.7 Å². The third kappa shape index (κ3) is 6.05. The Morgan fingerprint density at radius 1 is 1.30 bits per heavy atom. The van der Waals surface area contributed by atoms with Crippen molar-refractivity contribution in [2.75, 3.05) is 13.6 Å². The van der Waals surface area contributed by atoms with E-state index in [1.807, 2.05) is 7.05 Å². The molecule has 0 saturated heterocycles. The number of hydrogen-bond donors (Lipinski definition) is 2. The molecule has 0 saturated carbocycles. The van der Waals surface area contributed by atoms with E-state index in [9.17, 15) is 5.11 Å². The molecular weight excluding hydrogens is 126 g/mol. The van der Waals surface area contributed by atoms with Gasteiger partial charge in [0.15, 0.2) is 0 Å². The zero-order valence-corrected chi connectivity index (χ0v) is 7.22. The van der Waals surface area contributed by atoms with E-state index in [0.717, 1.165) is 12.8 Å². The van der Waals surface area contributed by atoms with Gasteiger partial charge in [0.1, 0.15) is 0 Å². The zero-order valence-electron chi connectivity index (χ0n) is 7.22. The van der Waals surface area contributed by atoms with E-state index < -0.39 is 0 Å². The predicted octanol–water partition coefficient (Wildman–Crippen LogP) is 1.00. The van der Waals surface area contributed by atoms with Crippen LogP contribution in [0, 0.1) is 5.92 Å². The monoisotopic (exact) mass is 145 g/mol. The summed E-state index contributed by atoms with van der Waals surface area (Å²) in [4.78, 5) is 0. The van der Waals surface area contributed by atoms with Crippen LogP contribution in [0.2, 0.25) is 0 Å². The van der Waals surface area contributed by atoms with Gasteiger partial charge in [-0.15, -0.1) is 0 Å². The molecule has 0 aliphatic heterocycles. The van der Waals surface area contributed by atoms with Crippen molar-refractivity contribution in [1.29, 1.82) is 0 Å².